The molecular weight excluding hydrogens is 322 g/mol. The summed E-state index contributed by atoms with van der Waals surface area (Å²) >= 11 is 1.73. The van der Waals surface area contributed by atoms with Gasteiger partial charge in [0.15, 0.2) is 11.6 Å². The van der Waals surface area contributed by atoms with Crippen LogP contribution in [0.25, 0.3) is 5.82 Å². The maximum Gasteiger partial charge on any atom is 0.176 e. The zero-order chi connectivity index (χ0) is 16.5. The molecule has 1 fully saturated rings. The lowest BCUT2D eigenvalue weighted by atomic mass is 10.2. The molecule has 0 radical (unpaired) electrons. The first-order chi connectivity index (χ1) is 11.7. The number of aromatic nitrogens is 4. The third-order valence-corrected chi connectivity index (χ3v) is 5.08. The number of ether oxygens (including phenoxy) is 1. The highest BCUT2D eigenvalue weighted by atomic mass is 32.1. The number of anilines is 1. The van der Waals surface area contributed by atoms with E-state index in [4.69, 9.17) is 4.74 Å². The molecule has 0 N–H and O–H groups in total. The van der Waals surface area contributed by atoms with Crippen molar-refractivity contribution < 1.29 is 4.74 Å². The standard InChI is InChI=1S/C17H19N5OS/c1-12-10-13(2)22(20-12)17-6-5-16(18-19-17)21-7-8-23-14(11-21)15-4-3-9-24-15/h3-6,9-10,14H,7-8,11H2,1-2H3. The van der Waals surface area contributed by atoms with Crippen LogP contribution in [0, 0.1) is 13.8 Å². The lowest BCUT2D eigenvalue weighted by Crippen LogP contribution is -2.38. The van der Waals surface area contributed by atoms with Gasteiger partial charge in [-0.3, -0.25) is 0 Å². The molecule has 1 unspecified atom stereocenters. The van der Waals surface area contributed by atoms with Crippen molar-refractivity contribution in [2.24, 2.45) is 0 Å². The van der Waals surface area contributed by atoms with Gasteiger partial charge in [0.1, 0.15) is 6.10 Å². The average Bonchev–Trinajstić information content (AvgIpc) is 3.25. The summed E-state index contributed by atoms with van der Waals surface area (Å²) in [5, 5.41) is 15.3. The Kier molecular flexibility index (Phi) is 4.03. The molecule has 1 atom stereocenters. The normalized spacial score (nSPS) is 18.1. The minimum absolute atomic E-state index is 0.108. The van der Waals surface area contributed by atoms with E-state index in [1.54, 1.807) is 11.3 Å². The maximum atomic E-state index is 5.89. The van der Waals surface area contributed by atoms with Gasteiger partial charge < -0.3 is 9.64 Å². The summed E-state index contributed by atoms with van der Waals surface area (Å²) in [5.41, 5.74) is 2.03. The molecule has 7 heteroatoms. The highest BCUT2D eigenvalue weighted by Gasteiger charge is 2.24. The number of nitrogens with zero attached hydrogens (tertiary/aromatic N) is 5. The number of thiophene rings is 1. The molecule has 1 aliphatic heterocycles. The fourth-order valence-electron chi connectivity index (χ4n) is 2.96. The quantitative estimate of drug-likeness (QED) is 0.733. The molecule has 0 saturated carbocycles. The molecule has 1 aliphatic rings. The number of aryl methyl sites for hydroxylation is 2. The summed E-state index contributed by atoms with van der Waals surface area (Å²) in [6, 6.07) is 10.2. The Bertz CT molecular complexity index is 812. The van der Waals surface area contributed by atoms with E-state index in [1.165, 1.54) is 4.88 Å². The first-order valence-electron chi connectivity index (χ1n) is 7.98. The van der Waals surface area contributed by atoms with Crippen molar-refractivity contribution in [1.29, 1.82) is 0 Å². The molecule has 3 aromatic heterocycles. The monoisotopic (exact) mass is 341 g/mol. The second-order valence-electron chi connectivity index (χ2n) is 5.91. The molecule has 6 nitrogen and oxygen atoms in total. The summed E-state index contributed by atoms with van der Waals surface area (Å²) in [7, 11) is 0. The Morgan fingerprint density at radius 2 is 2.00 bits per heavy atom. The van der Waals surface area contributed by atoms with Crippen LogP contribution in [-0.4, -0.2) is 39.7 Å². The largest absolute Gasteiger partial charge is 0.369 e. The number of rotatable bonds is 3. The summed E-state index contributed by atoms with van der Waals surface area (Å²) in [5.74, 6) is 1.62. The van der Waals surface area contributed by atoms with Gasteiger partial charge in [-0.15, -0.1) is 21.5 Å². The van der Waals surface area contributed by atoms with Gasteiger partial charge in [-0.05, 0) is 43.5 Å². The van der Waals surface area contributed by atoms with Crippen LogP contribution in [0.1, 0.15) is 22.4 Å². The minimum atomic E-state index is 0.108. The second kappa shape index (κ2) is 6.33. The van der Waals surface area contributed by atoms with E-state index in [1.807, 2.05) is 36.7 Å². The first kappa shape index (κ1) is 15.3. The average molecular weight is 341 g/mol. The van der Waals surface area contributed by atoms with Crippen LogP contribution in [0.3, 0.4) is 0 Å². The molecule has 3 aromatic rings. The summed E-state index contributed by atoms with van der Waals surface area (Å²) in [6.45, 7) is 6.32. The topological polar surface area (TPSA) is 56.1 Å². The van der Waals surface area contributed by atoms with E-state index in [-0.39, 0.29) is 6.10 Å². The van der Waals surface area contributed by atoms with E-state index < -0.39 is 0 Å². The Morgan fingerprint density at radius 1 is 1.17 bits per heavy atom. The van der Waals surface area contributed by atoms with Gasteiger partial charge in [-0.25, -0.2) is 4.68 Å². The van der Waals surface area contributed by atoms with Crippen LogP contribution in [0.5, 0.6) is 0 Å². The first-order valence-corrected chi connectivity index (χ1v) is 8.86. The Hall–Kier alpha value is -2.25. The lowest BCUT2D eigenvalue weighted by Gasteiger charge is -2.33. The number of hydrogen-bond donors (Lipinski definition) is 0. The van der Waals surface area contributed by atoms with Gasteiger partial charge in [0.25, 0.3) is 0 Å². The van der Waals surface area contributed by atoms with Crippen molar-refractivity contribution in [3.8, 4) is 5.82 Å². The van der Waals surface area contributed by atoms with Crippen molar-refractivity contribution >= 4 is 17.2 Å². The molecule has 0 aliphatic carbocycles. The van der Waals surface area contributed by atoms with Crippen molar-refractivity contribution in [3.05, 3.63) is 52.0 Å². The third kappa shape index (κ3) is 2.92. The van der Waals surface area contributed by atoms with Gasteiger partial charge >= 0.3 is 0 Å². The zero-order valence-corrected chi connectivity index (χ0v) is 14.5. The molecule has 0 aromatic carbocycles. The summed E-state index contributed by atoms with van der Waals surface area (Å²) in [6.07, 6.45) is 0.108. The summed E-state index contributed by atoms with van der Waals surface area (Å²) in [4.78, 5) is 3.48. The van der Waals surface area contributed by atoms with E-state index in [2.05, 4.69) is 37.7 Å². The molecule has 0 spiro atoms. The Labute approximate surface area is 144 Å². The van der Waals surface area contributed by atoms with Crippen molar-refractivity contribution in [1.82, 2.24) is 20.0 Å². The van der Waals surface area contributed by atoms with Crippen LogP contribution in [0.4, 0.5) is 5.82 Å². The maximum absolute atomic E-state index is 5.89. The highest BCUT2D eigenvalue weighted by molar-refractivity contribution is 7.10. The highest BCUT2D eigenvalue weighted by Crippen LogP contribution is 2.28. The molecular formula is C17H19N5OS. The van der Waals surface area contributed by atoms with Crippen LogP contribution in [0.15, 0.2) is 35.7 Å². The van der Waals surface area contributed by atoms with E-state index in [9.17, 15) is 0 Å². The molecule has 0 amide bonds. The van der Waals surface area contributed by atoms with Crippen LogP contribution >= 0.6 is 11.3 Å². The van der Waals surface area contributed by atoms with Gasteiger partial charge in [0, 0.05) is 17.1 Å². The molecule has 4 rings (SSSR count). The molecule has 24 heavy (non-hydrogen) atoms. The van der Waals surface area contributed by atoms with Crippen molar-refractivity contribution in [3.63, 3.8) is 0 Å². The zero-order valence-electron chi connectivity index (χ0n) is 13.7. The third-order valence-electron chi connectivity index (χ3n) is 4.11. The van der Waals surface area contributed by atoms with Crippen molar-refractivity contribution in [2.45, 2.75) is 20.0 Å². The van der Waals surface area contributed by atoms with Gasteiger partial charge in [0.2, 0.25) is 0 Å². The molecule has 124 valence electrons. The number of morpholine rings is 1. The Morgan fingerprint density at radius 3 is 2.67 bits per heavy atom. The SMILES string of the molecule is Cc1cc(C)n(-c2ccc(N3CCOC(c4cccs4)C3)nn2)n1. The number of hydrogen-bond acceptors (Lipinski definition) is 6. The van der Waals surface area contributed by atoms with Crippen LogP contribution in [-0.2, 0) is 4.74 Å². The minimum Gasteiger partial charge on any atom is -0.369 e. The van der Waals surface area contributed by atoms with Gasteiger partial charge in [0.05, 0.1) is 18.8 Å². The van der Waals surface area contributed by atoms with Gasteiger partial charge in [-0.1, -0.05) is 6.07 Å². The second-order valence-corrected chi connectivity index (χ2v) is 6.89. The predicted octanol–water partition coefficient (Wildman–Crippen LogP) is 2.92. The van der Waals surface area contributed by atoms with E-state index in [0.717, 1.165) is 36.1 Å². The molecule has 1 saturated heterocycles. The fourth-order valence-corrected chi connectivity index (χ4v) is 3.73. The molecule has 4 heterocycles. The van der Waals surface area contributed by atoms with E-state index in [0.29, 0.717) is 6.61 Å². The van der Waals surface area contributed by atoms with E-state index >= 15 is 0 Å². The summed E-state index contributed by atoms with van der Waals surface area (Å²) < 4.78 is 7.71. The van der Waals surface area contributed by atoms with Crippen LogP contribution in [0.2, 0.25) is 0 Å². The fraction of sp³-hybridized carbons (Fsp3) is 0.353. The lowest BCUT2D eigenvalue weighted by molar-refractivity contribution is 0.0418. The predicted molar refractivity (Wildman–Crippen MR) is 93.9 cm³/mol. The smallest absolute Gasteiger partial charge is 0.176 e. The van der Waals surface area contributed by atoms with Gasteiger partial charge in [-0.2, -0.15) is 5.10 Å². The van der Waals surface area contributed by atoms with Crippen molar-refractivity contribution in [2.75, 3.05) is 24.6 Å². The molecule has 0 bridgehead atoms. The Balaban J connectivity index is 1.53. The van der Waals surface area contributed by atoms with Crippen LogP contribution < -0.4 is 4.90 Å².